The molecule has 140 valence electrons. The molecule has 8 N–H and O–H groups in total. The Bertz CT molecular complexity index is 1490. The lowest BCUT2D eigenvalue weighted by Gasteiger charge is -2.10. The van der Waals surface area contributed by atoms with Crippen LogP contribution in [0.2, 0.25) is 0 Å². The van der Waals surface area contributed by atoms with Crippen molar-refractivity contribution in [3.63, 3.8) is 0 Å². The van der Waals surface area contributed by atoms with Crippen molar-refractivity contribution in [3.05, 3.63) is 38.2 Å². The normalized spacial score (nSPS) is 11.6. The lowest BCUT2D eigenvalue weighted by Crippen LogP contribution is -2.18. The van der Waals surface area contributed by atoms with E-state index in [4.69, 9.17) is 17.2 Å². The number of hydrogen-bond donors (Lipinski definition) is 5. The van der Waals surface area contributed by atoms with Crippen LogP contribution in [-0.4, -0.2) is 39.3 Å². The molecule has 14 heteroatoms. The van der Waals surface area contributed by atoms with Crippen LogP contribution in [0.5, 0.6) is 0 Å². The monoisotopic (exact) mass is 397 g/mol. The van der Waals surface area contributed by atoms with Gasteiger partial charge in [-0.25, -0.2) is 14.6 Å². The highest BCUT2D eigenvalue weighted by Crippen LogP contribution is 2.28. The molecule has 0 amide bonds. The van der Waals surface area contributed by atoms with Crippen LogP contribution in [0, 0.1) is 0 Å². The summed E-state index contributed by atoms with van der Waals surface area (Å²) in [4.78, 5) is 46.9. The van der Waals surface area contributed by atoms with Crippen LogP contribution in [0.15, 0.2) is 27.1 Å². The Morgan fingerprint density at radius 2 is 1.46 bits per heavy atom. The lowest BCUT2D eigenvalue weighted by atomic mass is 10.4. The number of nitrogens with zero attached hydrogens (tertiary/aromatic N) is 6. The van der Waals surface area contributed by atoms with Gasteiger partial charge in [0.15, 0.2) is 28.2 Å². The summed E-state index contributed by atoms with van der Waals surface area (Å²) in [5, 5.41) is 1.85. The maximum atomic E-state index is 12.4. The van der Waals surface area contributed by atoms with Crippen molar-refractivity contribution < 1.29 is 0 Å². The molecule has 0 aliphatic rings. The second kappa shape index (κ2) is 5.40. The molecule has 13 nitrogen and oxygen atoms in total. The zero-order valence-electron chi connectivity index (χ0n) is 13.9. The first kappa shape index (κ1) is 16.0. The lowest BCUT2D eigenvalue weighted by molar-refractivity contribution is 0.709. The van der Waals surface area contributed by atoms with Gasteiger partial charge in [0.2, 0.25) is 17.8 Å². The van der Waals surface area contributed by atoms with Gasteiger partial charge in [0, 0.05) is 0 Å². The highest BCUT2D eigenvalue weighted by molar-refractivity contribution is 7.13. The number of nitrogen functional groups attached to an aromatic ring is 3. The fourth-order valence-corrected chi connectivity index (χ4v) is 3.62. The maximum Gasteiger partial charge on any atom is 0.280 e. The molecule has 5 aromatic heterocycles. The SMILES string of the molecule is Nc1nc2c(nc(N)n2-n2c(-c3cccs3)nc3c(=O)[nH]c(N)nc32)c(=O)[nH]1. The minimum absolute atomic E-state index is 0.0245. The molecule has 0 saturated carbocycles. The van der Waals surface area contributed by atoms with E-state index >= 15 is 0 Å². The Labute approximate surface area is 157 Å². The molecule has 0 saturated heterocycles. The molecule has 0 radical (unpaired) electrons. The van der Waals surface area contributed by atoms with Crippen LogP contribution < -0.4 is 28.3 Å². The number of anilines is 3. The van der Waals surface area contributed by atoms with Crippen LogP contribution in [0.1, 0.15) is 0 Å². The summed E-state index contributed by atoms with van der Waals surface area (Å²) in [5.74, 6) is 0.0485. The summed E-state index contributed by atoms with van der Waals surface area (Å²) < 4.78 is 2.75. The largest absolute Gasteiger partial charge is 0.369 e. The van der Waals surface area contributed by atoms with Crippen molar-refractivity contribution in [1.29, 1.82) is 0 Å². The average molecular weight is 397 g/mol. The first-order valence-electron chi connectivity index (χ1n) is 7.80. The van der Waals surface area contributed by atoms with Crippen molar-refractivity contribution in [2.24, 2.45) is 0 Å². The van der Waals surface area contributed by atoms with Crippen LogP contribution >= 0.6 is 11.3 Å². The molecule has 0 aromatic carbocycles. The number of hydrogen-bond acceptors (Lipinski definition) is 10. The summed E-state index contributed by atoms with van der Waals surface area (Å²) in [5.41, 5.74) is 16.6. The van der Waals surface area contributed by atoms with Gasteiger partial charge in [0.05, 0.1) is 4.88 Å². The number of rotatable bonds is 2. The Kier molecular flexibility index (Phi) is 3.09. The molecule has 0 bridgehead atoms. The van der Waals surface area contributed by atoms with E-state index in [1.54, 1.807) is 0 Å². The number of nitrogens with one attached hydrogen (secondary N) is 2. The summed E-state index contributed by atoms with van der Waals surface area (Å²) in [6, 6.07) is 3.63. The quantitative estimate of drug-likeness (QED) is 0.256. The van der Waals surface area contributed by atoms with Crippen LogP contribution in [-0.2, 0) is 0 Å². The number of H-pyrrole nitrogens is 2. The average Bonchev–Trinajstić information content (AvgIpc) is 3.32. The third-order valence-corrected chi connectivity index (χ3v) is 4.86. The predicted molar refractivity (Wildman–Crippen MR) is 104 cm³/mol. The molecule has 28 heavy (non-hydrogen) atoms. The minimum atomic E-state index is -0.555. The van der Waals surface area contributed by atoms with Crippen molar-refractivity contribution >= 4 is 51.5 Å². The zero-order chi connectivity index (χ0) is 19.6. The number of fused-ring (bicyclic) bond motifs is 2. The smallest absolute Gasteiger partial charge is 0.280 e. The van der Waals surface area contributed by atoms with Crippen LogP contribution in [0.25, 0.3) is 33.0 Å². The number of aromatic nitrogens is 8. The molecular weight excluding hydrogens is 386 g/mol. The second-order valence-electron chi connectivity index (χ2n) is 5.75. The predicted octanol–water partition coefficient (Wildman–Crippen LogP) is -0.661. The Morgan fingerprint density at radius 3 is 2.07 bits per heavy atom. The van der Waals surface area contributed by atoms with E-state index in [0.717, 1.165) is 4.88 Å². The Hall–Kier alpha value is -4.20. The Balaban J connectivity index is 2.01. The van der Waals surface area contributed by atoms with Gasteiger partial charge in [-0.3, -0.25) is 19.6 Å². The van der Waals surface area contributed by atoms with Crippen LogP contribution in [0.3, 0.4) is 0 Å². The third-order valence-electron chi connectivity index (χ3n) is 3.99. The van der Waals surface area contributed by atoms with Crippen molar-refractivity contribution in [1.82, 2.24) is 39.3 Å². The first-order valence-corrected chi connectivity index (χ1v) is 8.68. The topological polar surface area (TPSA) is 205 Å². The highest BCUT2D eigenvalue weighted by Gasteiger charge is 2.24. The van der Waals surface area contributed by atoms with Crippen molar-refractivity contribution in [3.8, 4) is 10.7 Å². The maximum absolute atomic E-state index is 12.4. The molecule has 0 aliphatic heterocycles. The zero-order valence-corrected chi connectivity index (χ0v) is 14.7. The molecule has 0 spiro atoms. The van der Waals surface area contributed by atoms with Crippen LogP contribution in [0.4, 0.5) is 17.8 Å². The molecule has 5 heterocycles. The van der Waals surface area contributed by atoms with Gasteiger partial charge in [-0.05, 0) is 11.4 Å². The summed E-state index contributed by atoms with van der Waals surface area (Å²) in [6.45, 7) is 0. The van der Waals surface area contributed by atoms with E-state index in [9.17, 15) is 9.59 Å². The van der Waals surface area contributed by atoms with Crippen molar-refractivity contribution in [2.45, 2.75) is 0 Å². The van der Waals surface area contributed by atoms with E-state index < -0.39 is 11.1 Å². The molecular formula is C14H11N11O2S. The summed E-state index contributed by atoms with van der Waals surface area (Å²) >= 11 is 1.39. The number of thiophene rings is 1. The Morgan fingerprint density at radius 1 is 0.857 bits per heavy atom. The molecule has 0 atom stereocenters. The number of aromatic amines is 2. The minimum Gasteiger partial charge on any atom is -0.369 e. The standard InChI is InChI=1S/C14H11N11O2S/c15-12-20-8-5(10(26)22-12)18-7(4-2-1-3-28-4)24(8)25-9-6(19-14(25)17)11(27)23-13(16)21-9/h1-3H,(H2,17,19)(H3,15,20,22,26)(H3,16,21,23,27). The van der Waals surface area contributed by atoms with Gasteiger partial charge in [0.25, 0.3) is 11.1 Å². The first-order chi connectivity index (χ1) is 13.4. The van der Waals surface area contributed by atoms with E-state index in [-0.39, 0.29) is 40.2 Å². The van der Waals surface area contributed by atoms with E-state index in [1.807, 2.05) is 17.5 Å². The highest BCUT2D eigenvalue weighted by atomic mass is 32.1. The molecule has 0 fully saturated rings. The molecule has 0 aliphatic carbocycles. The molecule has 5 rings (SSSR count). The van der Waals surface area contributed by atoms with E-state index in [2.05, 4.69) is 29.9 Å². The molecule has 5 aromatic rings. The van der Waals surface area contributed by atoms with Gasteiger partial charge in [-0.15, -0.1) is 11.3 Å². The third kappa shape index (κ3) is 2.11. The fourth-order valence-electron chi connectivity index (χ4n) is 2.92. The summed E-state index contributed by atoms with van der Waals surface area (Å²) in [6.07, 6.45) is 0. The molecule has 0 unspecified atom stereocenters. The number of imidazole rings is 2. The number of nitrogens with two attached hydrogens (primary N) is 3. The van der Waals surface area contributed by atoms with Gasteiger partial charge >= 0.3 is 0 Å². The van der Waals surface area contributed by atoms with Gasteiger partial charge in [-0.1, -0.05) is 6.07 Å². The van der Waals surface area contributed by atoms with E-state index in [0.29, 0.717) is 5.82 Å². The van der Waals surface area contributed by atoms with Gasteiger partial charge in [-0.2, -0.15) is 14.6 Å². The van der Waals surface area contributed by atoms with Gasteiger partial charge in [0.1, 0.15) is 0 Å². The second-order valence-corrected chi connectivity index (χ2v) is 6.70. The van der Waals surface area contributed by atoms with Crippen molar-refractivity contribution in [2.75, 3.05) is 17.2 Å². The summed E-state index contributed by atoms with van der Waals surface area (Å²) in [7, 11) is 0. The van der Waals surface area contributed by atoms with E-state index in [1.165, 1.54) is 20.7 Å². The van der Waals surface area contributed by atoms with Gasteiger partial charge < -0.3 is 17.2 Å². The fraction of sp³-hybridized carbons (Fsp3) is 0.